The summed E-state index contributed by atoms with van der Waals surface area (Å²) in [4.78, 5) is 0. The molecule has 0 unspecified atom stereocenters. The molecule has 5 aliphatic carbocycles. The highest BCUT2D eigenvalue weighted by molar-refractivity contribution is 5.06. The van der Waals surface area contributed by atoms with Gasteiger partial charge in [0, 0.05) is 0 Å². The van der Waals surface area contributed by atoms with Gasteiger partial charge in [-0.3, -0.25) is 0 Å². The lowest BCUT2D eigenvalue weighted by atomic mass is 9.44. The van der Waals surface area contributed by atoms with Crippen LogP contribution in [0.5, 0.6) is 0 Å². The van der Waals surface area contributed by atoms with Gasteiger partial charge in [-0.2, -0.15) is 0 Å². The van der Waals surface area contributed by atoms with Crippen LogP contribution in [-0.2, 0) is 0 Å². The third-order valence-corrected chi connectivity index (χ3v) is 6.95. The number of hydrogen-bond acceptors (Lipinski definition) is 1. The van der Waals surface area contributed by atoms with Crippen molar-refractivity contribution >= 4 is 0 Å². The summed E-state index contributed by atoms with van der Waals surface area (Å²) in [6.07, 6.45) is 12.6. The van der Waals surface area contributed by atoms with Crippen LogP contribution in [0.2, 0.25) is 0 Å². The lowest BCUT2D eigenvalue weighted by Gasteiger charge is -2.61. The predicted octanol–water partition coefficient (Wildman–Crippen LogP) is 4.00. The van der Waals surface area contributed by atoms with Crippen molar-refractivity contribution < 1.29 is 5.11 Å². The average molecular weight is 248 g/mol. The van der Waals surface area contributed by atoms with E-state index < -0.39 is 0 Å². The Bertz CT molecular complexity index is 299. The van der Waals surface area contributed by atoms with Crippen molar-refractivity contribution in [1.29, 1.82) is 0 Å². The van der Waals surface area contributed by atoms with E-state index in [4.69, 9.17) is 0 Å². The number of hydrogen-bond donors (Lipinski definition) is 1. The van der Waals surface area contributed by atoms with E-state index in [1.807, 2.05) is 0 Å². The van der Waals surface area contributed by atoms with Crippen molar-refractivity contribution in [1.82, 2.24) is 0 Å². The molecule has 0 amide bonds. The molecule has 5 saturated carbocycles. The zero-order valence-corrected chi connectivity index (χ0v) is 11.8. The van der Waals surface area contributed by atoms with E-state index in [2.05, 4.69) is 6.92 Å². The summed E-state index contributed by atoms with van der Waals surface area (Å²) in [7, 11) is 0. The molecule has 18 heavy (non-hydrogen) atoms. The summed E-state index contributed by atoms with van der Waals surface area (Å²) in [6.45, 7) is 2.40. The van der Waals surface area contributed by atoms with Crippen LogP contribution in [0.15, 0.2) is 0 Å². The normalized spacial score (nSPS) is 59.0. The molecule has 5 fully saturated rings. The average Bonchev–Trinajstić information content (AvgIpc) is 2.30. The van der Waals surface area contributed by atoms with Crippen LogP contribution in [0.3, 0.4) is 0 Å². The summed E-state index contributed by atoms with van der Waals surface area (Å²) in [5.74, 6) is 4.59. The quantitative estimate of drug-likeness (QED) is 0.743. The van der Waals surface area contributed by atoms with Gasteiger partial charge in [0.05, 0.1) is 6.10 Å². The van der Waals surface area contributed by atoms with Crippen molar-refractivity contribution in [3.63, 3.8) is 0 Å². The Morgan fingerprint density at radius 2 is 1.39 bits per heavy atom. The lowest BCUT2D eigenvalue weighted by molar-refractivity contribution is -0.132. The van der Waals surface area contributed by atoms with E-state index >= 15 is 0 Å². The fourth-order valence-corrected chi connectivity index (χ4v) is 6.65. The highest BCUT2D eigenvalue weighted by Gasteiger charge is 2.55. The van der Waals surface area contributed by atoms with Crippen LogP contribution in [0.1, 0.15) is 64.7 Å². The van der Waals surface area contributed by atoms with Crippen molar-refractivity contribution in [3.8, 4) is 0 Å². The minimum absolute atomic E-state index is 0.0254. The van der Waals surface area contributed by atoms with E-state index in [-0.39, 0.29) is 6.10 Å². The molecule has 0 saturated heterocycles. The Morgan fingerprint density at radius 3 is 1.94 bits per heavy atom. The summed E-state index contributed by atoms with van der Waals surface area (Å²) in [5, 5.41) is 10.5. The highest BCUT2D eigenvalue weighted by Crippen LogP contribution is 2.64. The van der Waals surface area contributed by atoms with Gasteiger partial charge in [0.1, 0.15) is 0 Å². The van der Waals surface area contributed by atoms with Crippen LogP contribution in [0.25, 0.3) is 0 Å². The van der Waals surface area contributed by atoms with Gasteiger partial charge in [0.2, 0.25) is 0 Å². The van der Waals surface area contributed by atoms with Gasteiger partial charge in [0.25, 0.3) is 0 Å². The van der Waals surface area contributed by atoms with E-state index in [0.29, 0.717) is 11.3 Å². The van der Waals surface area contributed by atoms with Crippen LogP contribution in [0, 0.1) is 35.0 Å². The Kier molecular flexibility index (Phi) is 2.60. The van der Waals surface area contributed by atoms with Crippen LogP contribution in [-0.4, -0.2) is 11.2 Å². The van der Waals surface area contributed by atoms with Gasteiger partial charge < -0.3 is 5.11 Å². The SMILES string of the molecule is C[C@@H]1CC[C@H](O)[C@@H](C23CC4CC(CC(C4)C2)C3)C1. The van der Waals surface area contributed by atoms with Gasteiger partial charge in [-0.25, -0.2) is 0 Å². The Hall–Kier alpha value is -0.0400. The van der Waals surface area contributed by atoms with Gasteiger partial charge >= 0.3 is 0 Å². The molecular formula is C17H28O. The van der Waals surface area contributed by atoms with E-state index in [9.17, 15) is 5.11 Å². The Morgan fingerprint density at radius 1 is 0.833 bits per heavy atom. The molecule has 4 bridgehead atoms. The number of aliphatic hydroxyl groups excluding tert-OH is 1. The van der Waals surface area contributed by atoms with Gasteiger partial charge in [-0.15, -0.1) is 0 Å². The van der Waals surface area contributed by atoms with E-state index in [1.165, 1.54) is 51.4 Å². The summed E-state index contributed by atoms with van der Waals surface area (Å²) in [6, 6.07) is 0. The molecule has 1 nitrogen and oxygen atoms in total. The third kappa shape index (κ3) is 1.69. The standard InChI is InChI=1S/C17H28O/c1-11-2-3-16(18)15(4-11)17-8-12-5-13(9-17)7-14(6-12)10-17/h11-16,18H,2-10H2,1H3/t11-,12?,13?,14?,15+,16+,17?/m1/s1. The Balaban J connectivity index is 1.62. The first-order chi connectivity index (χ1) is 8.64. The lowest BCUT2D eigenvalue weighted by Crippen LogP contribution is -2.53. The van der Waals surface area contributed by atoms with Crippen molar-refractivity contribution in [3.05, 3.63) is 0 Å². The molecule has 0 aromatic heterocycles. The summed E-state index contributed by atoms with van der Waals surface area (Å²) in [5.41, 5.74) is 0.572. The smallest absolute Gasteiger partial charge is 0.0573 e. The second-order valence-corrected chi connectivity index (χ2v) is 8.37. The fourth-order valence-electron chi connectivity index (χ4n) is 6.65. The monoisotopic (exact) mass is 248 g/mol. The number of aliphatic hydroxyl groups is 1. The minimum atomic E-state index is 0.0254. The molecule has 5 aliphatic rings. The van der Waals surface area contributed by atoms with Crippen LogP contribution >= 0.6 is 0 Å². The molecular weight excluding hydrogens is 220 g/mol. The molecule has 1 heteroatoms. The highest BCUT2D eigenvalue weighted by atomic mass is 16.3. The van der Waals surface area contributed by atoms with E-state index in [0.717, 1.165) is 30.1 Å². The predicted molar refractivity (Wildman–Crippen MR) is 73.1 cm³/mol. The molecule has 5 rings (SSSR count). The van der Waals surface area contributed by atoms with E-state index in [1.54, 1.807) is 0 Å². The first kappa shape index (κ1) is 11.8. The molecule has 3 atom stereocenters. The molecule has 0 aromatic carbocycles. The Labute approximate surface area is 111 Å². The molecule has 1 N–H and O–H groups in total. The van der Waals surface area contributed by atoms with Gasteiger partial charge in [-0.1, -0.05) is 6.92 Å². The largest absolute Gasteiger partial charge is 0.393 e. The van der Waals surface area contributed by atoms with Gasteiger partial charge in [0.15, 0.2) is 0 Å². The maximum absolute atomic E-state index is 10.5. The molecule has 0 aromatic rings. The van der Waals surface area contributed by atoms with Crippen molar-refractivity contribution in [2.24, 2.45) is 35.0 Å². The minimum Gasteiger partial charge on any atom is -0.393 e. The third-order valence-electron chi connectivity index (χ3n) is 6.95. The second kappa shape index (κ2) is 3.98. The van der Waals surface area contributed by atoms with Crippen LogP contribution in [0.4, 0.5) is 0 Å². The zero-order valence-electron chi connectivity index (χ0n) is 11.8. The summed E-state index contributed by atoms with van der Waals surface area (Å²) < 4.78 is 0. The molecule has 0 heterocycles. The first-order valence-corrected chi connectivity index (χ1v) is 8.33. The molecule has 0 radical (unpaired) electrons. The maximum Gasteiger partial charge on any atom is 0.0573 e. The molecule has 0 spiro atoms. The zero-order chi connectivity index (χ0) is 12.3. The maximum atomic E-state index is 10.5. The first-order valence-electron chi connectivity index (χ1n) is 8.33. The molecule has 102 valence electrons. The van der Waals surface area contributed by atoms with Gasteiger partial charge in [-0.05, 0) is 92.8 Å². The molecule has 0 aliphatic heterocycles. The number of rotatable bonds is 1. The second-order valence-electron chi connectivity index (χ2n) is 8.37. The topological polar surface area (TPSA) is 20.2 Å². The van der Waals surface area contributed by atoms with Crippen LogP contribution < -0.4 is 0 Å². The fraction of sp³-hybridized carbons (Fsp3) is 1.00. The summed E-state index contributed by atoms with van der Waals surface area (Å²) >= 11 is 0. The van der Waals surface area contributed by atoms with Crippen molar-refractivity contribution in [2.45, 2.75) is 70.8 Å². The van der Waals surface area contributed by atoms with Crippen molar-refractivity contribution in [2.75, 3.05) is 0 Å².